The van der Waals surface area contributed by atoms with Crippen molar-refractivity contribution in [2.24, 2.45) is 5.92 Å². The SMILES string of the molecule is Cc1cc(C)n(C[C@@H](C)CNC(=O)c2cc(F)c(C)c([N+](=O)[O-])c2)n1. The number of hydrogen-bond donors (Lipinski definition) is 1. The van der Waals surface area contributed by atoms with E-state index in [4.69, 9.17) is 0 Å². The second-order valence-electron chi connectivity index (χ2n) is 6.28. The van der Waals surface area contributed by atoms with Crippen molar-refractivity contribution in [1.29, 1.82) is 0 Å². The van der Waals surface area contributed by atoms with Gasteiger partial charge in [-0.15, -0.1) is 0 Å². The highest BCUT2D eigenvalue weighted by molar-refractivity contribution is 5.95. The largest absolute Gasteiger partial charge is 0.352 e. The van der Waals surface area contributed by atoms with Gasteiger partial charge in [-0.05, 0) is 38.8 Å². The molecule has 0 spiro atoms. The average Bonchev–Trinajstić information content (AvgIpc) is 2.84. The quantitative estimate of drug-likeness (QED) is 0.642. The Morgan fingerprint density at radius 2 is 2.04 bits per heavy atom. The van der Waals surface area contributed by atoms with Crippen LogP contribution in [0, 0.1) is 42.6 Å². The lowest BCUT2D eigenvalue weighted by atomic mass is 10.1. The molecule has 0 bridgehead atoms. The van der Waals surface area contributed by atoms with Gasteiger partial charge in [-0.1, -0.05) is 6.92 Å². The summed E-state index contributed by atoms with van der Waals surface area (Å²) in [5.74, 6) is -1.22. The third-order valence-electron chi connectivity index (χ3n) is 3.97. The summed E-state index contributed by atoms with van der Waals surface area (Å²) in [6.45, 7) is 8.11. The summed E-state index contributed by atoms with van der Waals surface area (Å²) in [5.41, 5.74) is 1.41. The zero-order valence-corrected chi connectivity index (χ0v) is 14.7. The number of hydrogen-bond acceptors (Lipinski definition) is 4. The molecule has 1 N–H and O–H groups in total. The summed E-state index contributed by atoms with van der Waals surface area (Å²) in [5, 5.41) is 18.0. The van der Waals surface area contributed by atoms with E-state index in [2.05, 4.69) is 10.4 Å². The van der Waals surface area contributed by atoms with Crippen molar-refractivity contribution in [2.75, 3.05) is 6.54 Å². The van der Waals surface area contributed by atoms with E-state index >= 15 is 0 Å². The number of nitro benzene ring substituents is 1. The van der Waals surface area contributed by atoms with Crippen LogP contribution in [-0.2, 0) is 6.54 Å². The van der Waals surface area contributed by atoms with Gasteiger partial charge in [0.05, 0.1) is 16.2 Å². The number of amides is 1. The molecule has 0 aliphatic carbocycles. The van der Waals surface area contributed by atoms with Crippen LogP contribution in [0.1, 0.15) is 34.2 Å². The first-order chi connectivity index (χ1) is 11.7. The maximum atomic E-state index is 13.8. The van der Waals surface area contributed by atoms with Gasteiger partial charge in [-0.2, -0.15) is 5.10 Å². The molecule has 1 aromatic heterocycles. The molecule has 0 aliphatic heterocycles. The molecule has 1 aromatic carbocycles. The number of aryl methyl sites for hydroxylation is 2. The highest BCUT2D eigenvalue weighted by atomic mass is 19.1. The van der Waals surface area contributed by atoms with Crippen LogP contribution in [0.15, 0.2) is 18.2 Å². The van der Waals surface area contributed by atoms with E-state index in [0.717, 1.165) is 23.5 Å². The van der Waals surface area contributed by atoms with Crippen molar-refractivity contribution in [3.8, 4) is 0 Å². The normalized spacial score (nSPS) is 12.0. The number of rotatable bonds is 6. The van der Waals surface area contributed by atoms with Gasteiger partial charge in [0.25, 0.3) is 11.6 Å². The van der Waals surface area contributed by atoms with E-state index in [1.54, 1.807) is 0 Å². The van der Waals surface area contributed by atoms with Crippen LogP contribution in [0.3, 0.4) is 0 Å². The fourth-order valence-electron chi connectivity index (χ4n) is 2.57. The van der Waals surface area contributed by atoms with Crippen LogP contribution in [0.4, 0.5) is 10.1 Å². The first-order valence-electron chi connectivity index (χ1n) is 7.92. The lowest BCUT2D eigenvalue weighted by Crippen LogP contribution is -2.30. The van der Waals surface area contributed by atoms with Crippen molar-refractivity contribution in [3.05, 3.63) is 56.6 Å². The molecule has 1 heterocycles. The van der Waals surface area contributed by atoms with Gasteiger partial charge in [0.2, 0.25) is 0 Å². The van der Waals surface area contributed by atoms with Crippen LogP contribution >= 0.6 is 0 Å². The van der Waals surface area contributed by atoms with E-state index in [9.17, 15) is 19.3 Å². The Balaban J connectivity index is 2.02. The molecule has 0 fully saturated rings. The van der Waals surface area contributed by atoms with Crippen LogP contribution in [0.25, 0.3) is 0 Å². The van der Waals surface area contributed by atoms with Crippen LogP contribution < -0.4 is 5.32 Å². The van der Waals surface area contributed by atoms with E-state index in [0.29, 0.717) is 13.1 Å². The summed E-state index contributed by atoms with van der Waals surface area (Å²) in [7, 11) is 0. The number of halogens is 1. The number of aromatic nitrogens is 2. The van der Waals surface area contributed by atoms with E-state index in [-0.39, 0.29) is 17.0 Å². The maximum Gasteiger partial charge on any atom is 0.276 e. The highest BCUT2D eigenvalue weighted by Crippen LogP contribution is 2.22. The molecule has 8 heteroatoms. The predicted octanol–water partition coefficient (Wildman–Crippen LogP) is 2.92. The number of benzene rings is 1. The van der Waals surface area contributed by atoms with Gasteiger partial charge < -0.3 is 5.32 Å². The van der Waals surface area contributed by atoms with Crippen molar-refractivity contribution in [2.45, 2.75) is 34.2 Å². The van der Waals surface area contributed by atoms with E-state index in [1.165, 1.54) is 6.92 Å². The molecule has 2 aromatic rings. The Hall–Kier alpha value is -2.77. The standard InChI is InChI=1S/C17H21FN4O3/c1-10(9-21-12(3)5-11(2)20-21)8-19-17(23)14-6-15(18)13(4)16(7-14)22(24)25/h5-7,10H,8-9H2,1-4H3,(H,19,23)/t10-/m0/s1. The first kappa shape index (κ1) is 18.6. The van der Waals surface area contributed by atoms with Gasteiger partial charge in [-0.3, -0.25) is 19.6 Å². The smallest absolute Gasteiger partial charge is 0.276 e. The molecule has 0 unspecified atom stereocenters. The lowest BCUT2D eigenvalue weighted by Gasteiger charge is -2.14. The minimum Gasteiger partial charge on any atom is -0.352 e. The molecule has 0 aliphatic rings. The summed E-state index contributed by atoms with van der Waals surface area (Å²) in [6.07, 6.45) is 0. The second kappa shape index (κ2) is 7.42. The fourth-order valence-corrected chi connectivity index (χ4v) is 2.57. The van der Waals surface area contributed by atoms with Gasteiger partial charge in [0.1, 0.15) is 5.82 Å². The van der Waals surface area contributed by atoms with E-state index in [1.807, 2.05) is 31.5 Å². The van der Waals surface area contributed by atoms with Gasteiger partial charge in [0, 0.05) is 30.4 Å². The van der Waals surface area contributed by atoms with Gasteiger partial charge in [-0.25, -0.2) is 4.39 Å². The molecule has 1 atom stereocenters. The minimum absolute atomic E-state index is 0.0619. The van der Waals surface area contributed by atoms with Crippen molar-refractivity contribution < 1.29 is 14.1 Å². The molecular formula is C17H21FN4O3. The summed E-state index contributed by atoms with van der Waals surface area (Å²) in [6, 6.07) is 4.09. The average molecular weight is 348 g/mol. The number of nitrogens with zero attached hydrogens (tertiary/aromatic N) is 3. The third-order valence-corrected chi connectivity index (χ3v) is 3.97. The Bertz CT molecular complexity index is 816. The molecule has 0 radical (unpaired) electrons. The Labute approximate surface area is 145 Å². The van der Waals surface area contributed by atoms with Crippen molar-refractivity contribution in [1.82, 2.24) is 15.1 Å². The topological polar surface area (TPSA) is 90.1 Å². The van der Waals surface area contributed by atoms with E-state index < -0.39 is 22.3 Å². The number of nitrogens with one attached hydrogen (secondary N) is 1. The molecular weight excluding hydrogens is 327 g/mol. The first-order valence-corrected chi connectivity index (χ1v) is 7.92. The number of carbonyl (C=O) groups is 1. The third kappa shape index (κ3) is 4.40. The zero-order valence-electron chi connectivity index (χ0n) is 14.7. The number of carbonyl (C=O) groups excluding carboxylic acids is 1. The Morgan fingerprint density at radius 1 is 1.36 bits per heavy atom. The molecule has 0 saturated carbocycles. The van der Waals surface area contributed by atoms with Crippen LogP contribution in [-0.4, -0.2) is 27.2 Å². The van der Waals surface area contributed by atoms with Crippen molar-refractivity contribution >= 4 is 11.6 Å². The fraction of sp³-hybridized carbons (Fsp3) is 0.412. The highest BCUT2D eigenvalue weighted by Gasteiger charge is 2.19. The summed E-state index contributed by atoms with van der Waals surface area (Å²) in [4.78, 5) is 22.4. The molecule has 7 nitrogen and oxygen atoms in total. The monoisotopic (exact) mass is 348 g/mol. The second-order valence-corrected chi connectivity index (χ2v) is 6.28. The maximum absolute atomic E-state index is 13.8. The van der Waals surface area contributed by atoms with Crippen molar-refractivity contribution in [3.63, 3.8) is 0 Å². The van der Waals surface area contributed by atoms with Crippen LogP contribution in [0.5, 0.6) is 0 Å². The van der Waals surface area contributed by atoms with Gasteiger partial charge in [0.15, 0.2) is 0 Å². The molecule has 134 valence electrons. The lowest BCUT2D eigenvalue weighted by molar-refractivity contribution is -0.385. The Morgan fingerprint density at radius 3 is 2.60 bits per heavy atom. The Kier molecular flexibility index (Phi) is 5.51. The summed E-state index contributed by atoms with van der Waals surface area (Å²) >= 11 is 0. The zero-order chi connectivity index (χ0) is 18.7. The summed E-state index contributed by atoms with van der Waals surface area (Å²) < 4.78 is 15.7. The van der Waals surface area contributed by atoms with Crippen LogP contribution in [0.2, 0.25) is 0 Å². The molecule has 2 rings (SSSR count). The number of nitro groups is 1. The molecule has 1 amide bonds. The minimum atomic E-state index is -0.768. The van der Waals surface area contributed by atoms with Gasteiger partial charge >= 0.3 is 0 Å². The predicted molar refractivity (Wildman–Crippen MR) is 91.0 cm³/mol. The molecule has 25 heavy (non-hydrogen) atoms. The molecule has 0 saturated heterocycles.